The number of likely N-dealkylation sites (tertiary alicyclic amines) is 1. The van der Waals surface area contributed by atoms with Crippen molar-refractivity contribution in [2.75, 3.05) is 13.7 Å². The van der Waals surface area contributed by atoms with Crippen LogP contribution < -0.4 is 4.74 Å². The van der Waals surface area contributed by atoms with Crippen molar-refractivity contribution in [3.05, 3.63) is 30.3 Å². The van der Waals surface area contributed by atoms with E-state index in [1.165, 1.54) is 13.5 Å². The fourth-order valence-electron chi connectivity index (χ4n) is 3.90. The van der Waals surface area contributed by atoms with Gasteiger partial charge in [-0.05, 0) is 37.3 Å². The number of carbonyl (C=O) groups excluding carboxylic acids is 2. The molecule has 2 aliphatic rings. The summed E-state index contributed by atoms with van der Waals surface area (Å²) in [6, 6.07) is 8.96. The summed E-state index contributed by atoms with van der Waals surface area (Å²) in [7, 11) is 1.38. The van der Waals surface area contributed by atoms with Gasteiger partial charge in [-0.15, -0.1) is 0 Å². The van der Waals surface area contributed by atoms with Crippen molar-refractivity contribution >= 4 is 11.9 Å². The molecule has 3 rings (SSSR count). The van der Waals surface area contributed by atoms with Crippen LogP contribution in [-0.4, -0.2) is 42.6 Å². The highest BCUT2D eigenvalue weighted by Crippen LogP contribution is 2.40. The molecule has 23 heavy (non-hydrogen) atoms. The quantitative estimate of drug-likeness (QED) is 0.800. The summed E-state index contributed by atoms with van der Waals surface area (Å²) < 4.78 is 10.5. The van der Waals surface area contributed by atoms with E-state index in [1.54, 1.807) is 4.90 Å². The van der Waals surface area contributed by atoms with Gasteiger partial charge < -0.3 is 14.4 Å². The average Bonchev–Trinajstić information content (AvgIpc) is 2.99. The second kappa shape index (κ2) is 7.02. The second-order valence-corrected chi connectivity index (χ2v) is 6.29. The predicted molar refractivity (Wildman–Crippen MR) is 85.0 cm³/mol. The van der Waals surface area contributed by atoms with Gasteiger partial charge in [-0.1, -0.05) is 31.0 Å². The highest BCUT2D eigenvalue weighted by molar-refractivity contribution is 5.86. The van der Waals surface area contributed by atoms with Crippen molar-refractivity contribution in [3.8, 4) is 5.75 Å². The van der Waals surface area contributed by atoms with E-state index in [4.69, 9.17) is 9.47 Å². The summed E-state index contributed by atoms with van der Waals surface area (Å²) in [4.78, 5) is 26.5. The van der Waals surface area contributed by atoms with E-state index in [0.29, 0.717) is 18.1 Å². The SMILES string of the molecule is COC(=O)[C@@H]1C[C@H]2CCCC[C@@H]2N1C(=O)COc1ccccc1. The Morgan fingerprint density at radius 3 is 2.65 bits per heavy atom. The van der Waals surface area contributed by atoms with Gasteiger partial charge in [-0.25, -0.2) is 4.79 Å². The number of para-hydroxylation sites is 1. The maximum atomic E-state index is 12.7. The van der Waals surface area contributed by atoms with Crippen LogP contribution in [0.1, 0.15) is 32.1 Å². The molecule has 0 spiro atoms. The Bertz CT molecular complexity index is 559. The summed E-state index contributed by atoms with van der Waals surface area (Å²) in [6.07, 6.45) is 5.06. The summed E-state index contributed by atoms with van der Waals surface area (Å²) in [5, 5.41) is 0. The van der Waals surface area contributed by atoms with Crippen LogP contribution >= 0.6 is 0 Å². The number of hydrogen-bond acceptors (Lipinski definition) is 4. The third-order valence-corrected chi connectivity index (χ3v) is 4.95. The molecule has 1 amide bonds. The minimum Gasteiger partial charge on any atom is -0.484 e. The molecule has 124 valence electrons. The van der Waals surface area contributed by atoms with E-state index in [0.717, 1.165) is 19.3 Å². The Balaban J connectivity index is 1.70. The fourth-order valence-corrected chi connectivity index (χ4v) is 3.90. The first-order valence-electron chi connectivity index (χ1n) is 8.27. The van der Waals surface area contributed by atoms with Crippen molar-refractivity contribution in [3.63, 3.8) is 0 Å². The van der Waals surface area contributed by atoms with E-state index in [2.05, 4.69) is 0 Å². The Morgan fingerprint density at radius 2 is 1.91 bits per heavy atom. The molecule has 1 heterocycles. The number of methoxy groups -OCH3 is 1. The molecule has 1 aliphatic carbocycles. The lowest BCUT2D eigenvalue weighted by Gasteiger charge is -2.33. The van der Waals surface area contributed by atoms with E-state index in [1.807, 2.05) is 30.3 Å². The summed E-state index contributed by atoms with van der Waals surface area (Å²) in [5.74, 6) is 0.634. The Morgan fingerprint density at radius 1 is 1.17 bits per heavy atom. The second-order valence-electron chi connectivity index (χ2n) is 6.29. The molecule has 5 nitrogen and oxygen atoms in total. The molecule has 1 saturated carbocycles. The van der Waals surface area contributed by atoms with Gasteiger partial charge in [0.05, 0.1) is 7.11 Å². The van der Waals surface area contributed by atoms with Gasteiger partial charge >= 0.3 is 5.97 Å². The fraction of sp³-hybridized carbons (Fsp3) is 0.556. The molecule has 5 heteroatoms. The molecule has 0 aromatic heterocycles. The molecule has 1 aliphatic heterocycles. The molecule has 0 unspecified atom stereocenters. The molecular formula is C18H23NO4. The number of carbonyl (C=O) groups is 2. The number of benzene rings is 1. The molecule has 0 bridgehead atoms. The van der Waals surface area contributed by atoms with E-state index in [-0.39, 0.29) is 24.5 Å². The highest BCUT2D eigenvalue weighted by atomic mass is 16.5. The number of nitrogens with zero attached hydrogens (tertiary/aromatic N) is 1. The lowest BCUT2D eigenvalue weighted by Crippen LogP contribution is -2.48. The minimum atomic E-state index is -0.458. The number of esters is 1. The summed E-state index contributed by atoms with van der Waals surface area (Å²) >= 11 is 0. The van der Waals surface area contributed by atoms with Gasteiger partial charge in [0.2, 0.25) is 0 Å². The van der Waals surface area contributed by atoms with Crippen molar-refractivity contribution in [1.82, 2.24) is 4.90 Å². The normalized spacial score (nSPS) is 26.5. The number of rotatable bonds is 4. The third-order valence-electron chi connectivity index (χ3n) is 4.95. The van der Waals surface area contributed by atoms with Crippen molar-refractivity contribution in [2.45, 2.75) is 44.2 Å². The zero-order chi connectivity index (χ0) is 16.2. The lowest BCUT2D eigenvalue weighted by atomic mass is 9.85. The standard InChI is InChI=1S/C18H23NO4/c1-22-18(21)16-11-13-7-5-6-10-15(13)19(16)17(20)12-23-14-8-3-2-4-9-14/h2-4,8-9,13,15-16H,5-7,10-12H2,1H3/t13-,15+,16+/m1/s1. The zero-order valence-electron chi connectivity index (χ0n) is 13.4. The minimum absolute atomic E-state index is 0.0409. The number of amides is 1. The van der Waals surface area contributed by atoms with E-state index in [9.17, 15) is 9.59 Å². The van der Waals surface area contributed by atoms with Crippen molar-refractivity contribution in [2.24, 2.45) is 5.92 Å². The van der Waals surface area contributed by atoms with E-state index >= 15 is 0 Å². The van der Waals surface area contributed by atoms with Crippen LogP contribution in [0, 0.1) is 5.92 Å². The first-order chi connectivity index (χ1) is 11.2. The summed E-state index contributed by atoms with van der Waals surface area (Å²) in [5.41, 5.74) is 0. The average molecular weight is 317 g/mol. The largest absolute Gasteiger partial charge is 0.484 e. The van der Waals surface area contributed by atoms with Crippen LogP contribution in [0.3, 0.4) is 0 Å². The van der Waals surface area contributed by atoms with Crippen LogP contribution in [0.15, 0.2) is 30.3 Å². The Hall–Kier alpha value is -2.04. The highest BCUT2D eigenvalue weighted by Gasteiger charge is 2.47. The molecule has 1 aromatic rings. The van der Waals surface area contributed by atoms with Gasteiger partial charge in [0, 0.05) is 6.04 Å². The maximum Gasteiger partial charge on any atom is 0.328 e. The first kappa shape index (κ1) is 15.8. The molecular weight excluding hydrogens is 294 g/mol. The predicted octanol–water partition coefficient (Wildman–Crippen LogP) is 2.40. The Kier molecular flexibility index (Phi) is 4.84. The van der Waals surface area contributed by atoms with Gasteiger partial charge in [-0.3, -0.25) is 4.79 Å². The van der Waals surface area contributed by atoms with Gasteiger partial charge in [0.1, 0.15) is 11.8 Å². The molecule has 0 radical (unpaired) electrons. The Labute approximate surface area is 136 Å². The molecule has 2 fully saturated rings. The van der Waals surface area contributed by atoms with E-state index < -0.39 is 6.04 Å². The molecule has 1 saturated heterocycles. The number of hydrogen-bond donors (Lipinski definition) is 0. The topological polar surface area (TPSA) is 55.8 Å². The number of ether oxygens (including phenoxy) is 2. The third kappa shape index (κ3) is 3.33. The van der Waals surface area contributed by atoms with Crippen LogP contribution in [-0.2, 0) is 14.3 Å². The van der Waals surface area contributed by atoms with Crippen LogP contribution in [0.2, 0.25) is 0 Å². The monoisotopic (exact) mass is 317 g/mol. The van der Waals surface area contributed by atoms with Crippen molar-refractivity contribution < 1.29 is 19.1 Å². The smallest absolute Gasteiger partial charge is 0.328 e. The molecule has 0 N–H and O–H groups in total. The zero-order valence-corrected chi connectivity index (χ0v) is 13.4. The maximum absolute atomic E-state index is 12.7. The summed E-state index contributed by atoms with van der Waals surface area (Å²) in [6.45, 7) is -0.0409. The van der Waals surface area contributed by atoms with Gasteiger partial charge in [0.25, 0.3) is 5.91 Å². The van der Waals surface area contributed by atoms with Gasteiger partial charge in [0.15, 0.2) is 6.61 Å². The molecule has 3 atom stereocenters. The van der Waals surface area contributed by atoms with Crippen LogP contribution in [0.5, 0.6) is 5.75 Å². The number of fused-ring (bicyclic) bond motifs is 1. The van der Waals surface area contributed by atoms with Crippen molar-refractivity contribution in [1.29, 1.82) is 0 Å². The van der Waals surface area contributed by atoms with Gasteiger partial charge in [-0.2, -0.15) is 0 Å². The van der Waals surface area contributed by atoms with Crippen LogP contribution in [0.25, 0.3) is 0 Å². The first-order valence-corrected chi connectivity index (χ1v) is 8.27. The lowest BCUT2D eigenvalue weighted by molar-refractivity contribution is -0.153. The van der Waals surface area contributed by atoms with Crippen LogP contribution in [0.4, 0.5) is 0 Å². The molecule has 1 aromatic carbocycles.